The Morgan fingerprint density at radius 1 is 1.21 bits per heavy atom. The first-order valence-electron chi connectivity index (χ1n) is 12.2. The zero-order valence-corrected chi connectivity index (χ0v) is 21.4. The van der Waals surface area contributed by atoms with E-state index in [1.165, 1.54) is 19.3 Å². The summed E-state index contributed by atoms with van der Waals surface area (Å²) >= 11 is 1.01. The van der Waals surface area contributed by atoms with Gasteiger partial charge in [-0.1, -0.05) is 57.4 Å². The Labute approximate surface area is 205 Å². The van der Waals surface area contributed by atoms with Gasteiger partial charge in [0.2, 0.25) is 10.1 Å². The minimum absolute atomic E-state index is 0.0223. The second kappa shape index (κ2) is 12.1. The van der Waals surface area contributed by atoms with E-state index in [-0.39, 0.29) is 16.9 Å². The summed E-state index contributed by atoms with van der Waals surface area (Å²) < 4.78 is 5.14. The van der Waals surface area contributed by atoms with Gasteiger partial charge in [0.1, 0.15) is 0 Å². The number of benzene rings is 1. The molecule has 1 unspecified atom stereocenters. The Kier molecular flexibility index (Phi) is 9.27. The van der Waals surface area contributed by atoms with Crippen molar-refractivity contribution in [2.45, 2.75) is 78.2 Å². The quantitative estimate of drug-likeness (QED) is 0.381. The van der Waals surface area contributed by atoms with Crippen molar-refractivity contribution in [3.05, 3.63) is 28.8 Å². The number of carboxylic acid groups (broad SMARTS) is 1. The van der Waals surface area contributed by atoms with E-state index in [2.05, 4.69) is 52.5 Å². The number of hydrogen-bond acceptors (Lipinski definition) is 8. The van der Waals surface area contributed by atoms with Gasteiger partial charge in [-0.25, -0.2) is 4.79 Å². The highest BCUT2D eigenvalue weighted by molar-refractivity contribution is 7.17. The summed E-state index contributed by atoms with van der Waals surface area (Å²) in [5.74, 6) is -0.845. The monoisotopic (exact) mass is 488 g/mol. The molecule has 3 rings (SSSR count). The van der Waals surface area contributed by atoms with E-state index >= 15 is 0 Å². The zero-order valence-electron chi connectivity index (χ0n) is 20.5. The fourth-order valence-electron chi connectivity index (χ4n) is 4.50. The standard InChI is InChI=1S/C25H36N4O4S/c1-5-33-22(30)13-17(4)18-11-12-21(29(15-16(2)3)19-9-7-6-8-10-19)20(14-18)26-25-28-27-23(34-25)24(31)32/h11-12,14,16-17,19H,5-10,13,15H2,1-4H3,(H,26,28)(H,31,32). The first kappa shape index (κ1) is 25.9. The van der Waals surface area contributed by atoms with Crippen LogP contribution in [0.1, 0.15) is 87.5 Å². The highest BCUT2D eigenvalue weighted by Gasteiger charge is 2.25. The van der Waals surface area contributed by atoms with E-state index in [4.69, 9.17) is 4.74 Å². The van der Waals surface area contributed by atoms with E-state index in [0.717, 1.165) is 47.7 Å². The molecule has 1 fully saturated rings. The van der Waals surface area contributed by atoms with Crippen LogP contribution < -0.4 is 10.2 Å². The lowest BCUT2D eigenvalue weighted by atomic mass is 9.92. The number of carbonyl (C=O) groups is 2. The maximum atomic E-state index is 12.1. The van der Waals surface area contributed by atoms with Gasteiger partial charge in [-0.2, -0.15) is 0 Å². The van der Waals surface area contributed by atoms with Crippen LogP contribution in [0, 0.1) is 5.92 Å². The molecule has 34 heavy (non-hydrogen) atoms. The average molecular weight is 489 g/mol. The second-order valence-corrected chi connectivity index (χ2v) is 10.3. The summed E-state index contributed by atoms with van der Waals surface area (Å²) in [4.78, 5) is 25.8. The van der Waals surface area contributed by atoms with Crippen molar-refractivity contribution in [3.63, 3.8) is 0 Å². The van der Waals surface area contributed by atoms with Crippen LogP contribution in [0.15, 0.2) is 18.2 Å². The molecule has 0 radical (unpaired) electrons. The van der Waals surface area contributed by atoms with Gasteiger partial charge in [0, 0.05) is 12.6 Å². The third-order valence-corrected chi connectivity index (χ3v) is 6.93. The van der Waals surface area contributed by atoms with Crippen molar-refractivity contribution in [1.29, 1.82) is 0 Å². The molecule has 2 N–H and O–H groups in total. The van der Waals surface area contributed by atoms with Crippen LogP contribution in [-0.2, 0) is 9.53 Å². The number of carbonyl (C=O) groups excluding carboxylic acids is 1. The highest BCUT2D eigenvalue weighted by Crippen LogP contribution is 2.37. The molecule has 1 atom stereocenters. The summed E-state index contributed by atoms with van der Waals surface area (Å²) in [6.07, 6.45) is 6.37. The number of rotatable bonds is 11. The molecular weight excluding hydrogens is 452 g/mol. The number of aromatic carboxylic acids is 1. The number of ether oxygens (including phenoxy) is 1. The van der Waals surface area contributed by atoms with Gasteiger partial charge in [0.25, 0.3) is 0 Å². The summed E-state index contributed by atoms with van der Waals surface area (Å²) in [7, 11) is 0. The van der Waals surface area contributed by atoms with Crippen LogP contribution in [0.3, 0.4) is 0 Å². The van der Waals surface area contributed by atoms with Gasteiger partial charge in [0.15, 0.2) is 0 Å². The number of carboxylic acids is 1. The second-order valence-electron chi connectivity index (χ2n) is 9.37. The molecule has 1 saturated carbocycles. The summed E-state index contributed by atoms with van der Waals surface area (Å²) in [6, 6.07) is 6.72. The number of nitrogens with one attached hydrogen (secondary N) is 1. The van der Waals surface area contributed by atoms with Gasteiger partial charge >= 0.3 is 11.9 Å². The first-order valence-corrected chi connectivity index (χ1v) is 13.0. The Balaban J connectivity index is 1.97. The summed E-state index contributed by atoms with van der Waals surface area (Å²) in [5, 5.41) is 20.8. The Morgan fingerprint density at radius 3 is 2.56 bits per heavy atom. The molecule has 0 saturated heterocycles. The lowest BCUT2D eigenvalue weighted by molar-refractivity contribution is -0.143. The lowest BCUT2D eigenvalue weighted by Crippen LogP contribution is -2.39. The van der Waals surface area contributed by atoms with Crippen molar-refractivity contribution >= 4 is 39.8 Å². The summed E-state index contributed by atoms with van der Waals surface area (Å²) in [5.41, 5.74) is 2.93. The normalized spacial score (nSPS) is 15.2. The van der Waals surface area contributed by atoms with Crippen LogP contribution in [0.2, 0.25) is 0 Å². The van der Waals surface area contributed by atoms with Crippen molar-refractivity contribution in [1.82, 2.24) is 10.2 Å². The van der Waals surface area contributed by atoms with Crippen LogP contribution in [0.5, 0.6) is 0 Å². The smallest absolute Gasteiger partial charge is 0.367 e. The van der Waals surface area contributed by atoms with E-state index in [9.17, 15) is 14.7 Å². The summed E-state index contributed by atoms with van der Waals surface area (Å²) in [6.45, 7) is 9.56. The number of nitrogens with zero attached hydrogens (tertiary/aromatic N) is 3. The molecule has 0 aliphatic heterocycles. The SMILES string of the molecule is CCOC(=O)CC(C)c1ccc(N(CC(C)C)C2CCCCC2)c(Nc2nnc(C(=O)O)s2)c1. The molecule has 1 aromatic heterocycles. The minimum atomic E-state index is -1.09. The van der Waals surface area contributed by atoms with Crippen molar-refractivity contribution in [2.75, 3.05) is 23.4 Å². The molecule has 1 aromatic carbocycles. The van der Waals surface area contributed by atoms with E-state index in [1.807, 2.05) is 6.92 Å². The molecule has 0 bridgehead atoms. The molecule has 9 heteroatoms. The van der Waals surface area contributed by atoms with Gasteiger partial charge in [-0.05, 0) is 49.3 Å². The van der Waals surface area contributed by atoms with Gasteiger partial charge < -0.3 is 20.1 Å². The van der Waals surface area contributed by atoms with Crippen LogP contribution in [-0.4, -0.2) is 46.4 Å². The van der Waals surface area contributed by atoms with Gasteiger partial charge in [0.05, 0.1) is 24.4 Å². The Hall–Kier alpha value is -2.68. The number of anilines is 3. The third kappa shape index (κ3) is 6.91. The first-order chi connectivity index (χ1) is 16.3. The Morgan fingerprint density at radius 2 is 1.94 bits per heavy atom. The van der Waals surface area contributed by atoms with Crippen LogP contribution >= 0.6 is 11.3 Å². The number of aromatic nitrogens is 2. The molecule has 2 aromatic rings. The molecular formula is C25H36N4O4S. The third-order valence-electron chi connectivity index (χ3n) is 6.10. The van der Waals surface area contributed by atoms with Crippen molar-refractivity contribution < 1.29 is 19.4 Å². The molecule has 1 aliphatic rings. The minimum Gasteiger partial charge on any atom is -0.476 e. The highest BCUT2D eigenvalue weighted by atomic mass is 32.1. The van der Waals surface area contributed by atoms with Crippen LogP contribution in [0.4, 0.5) is 16.5 Å². The zero-order chi connectivity index (χ0) is 24.7. The average Bonchev–Trinajstić information content (AvgIpc) is 3.27. The largest absolute Gasteiger partial charge is 0.476 e. The molecule has 8 nitrogen and oxygen atoms in total. The topological polar surface area (TPSA) is 105 Å². The maximum Gasteiger partial charge on any atom is 0.367 e. The van der Waals surface area contributed by atoms with Crippen LogP contribution in [0.25, 0.3) is 0 Å². The molecule has 0 amide bonds. The fraction of sp³-hybridized carbons (Fsp3) is 0.600. The molecule has 1 heterocycles. The Bertz CT molecular complexity index is 972. The predicted molar refractivity (Wildman–Crippen MR) is 135 cm³/mol. The van der Waals surface area contributed by atoms with Gasteiger partial charge in [-0.15, -0.1) is 10.2 Å². The van der Waals surface area contributed by atoms with Crippen molar-refractivity contribution in [3.8, 4) is 0 Å². The van der Waals surface area contributed by atoms with E-state index in [1.54, 1.807) is 6.92 Å². The van der Waals surface area contributed by atoms with Gasteiger partial charge in [-0.3, -0.25) is 4.79 Å². The number of hydrogen-bond donors (Lipinski definition) is 2. The molecule has 186 valence electrons. The van der Waals surface area contributed by atoms with E-state index < -0.39 is 5.97 Å². The number of esters is 1. The van der Waals surface area contributed by atoms with E-state index in [0.29, 0.717) is 30.1 Å². The fourth-order valence-corrected chi connectivity index (χ4v) is 5.10. The lowest BCUT2D eigenvalue weighted by Gasteiger charge is -2.38. The molecule has 1 aliphatic carbocycles. The predicted octanol–water partition coefficient (Wildman–Crippen LogP) is 5.83. The molecule has 0 spiro atoms. The van der Waals surface area contributed by atoms with Crippen molar-refractivity contribution in [2.24, 2.45) is 5.92 Å². The maximum absolute atomic E-state index is 12.1.